The molecule has 1 aliphatic carbocycles. The van der Waals surface area contributed by atoms with Crippen molar-refractivity contribution in [3.8, 4) is 0 Å². The summed E-state index contributed by atoms with van der Waals surface area (Å²) in [4.78, 5) is 17.4. The predicted molar refractivity (Wildman–Crippen MR) is 86.9 cm³/mol. The van der Waals surface area contributed by atoms with Crippen molar-refractivity contribution in [3.63, 3.8) is 0 Å². The second kappa shape index (κ2) is 5.88. The van der Waals surface area contributed by atoms with Crippen molar-refractivity contribution in [1.29, 1.82) is 0 Å². The monoisotopic (exact) mass is 285 g/mol. The van der Waals surface area contributed by atoms with E-state index < -0.39 is 0 Å². The Morgan fingerprint density at radius 3 is 2.76 bits per heavy atom. The molecule has 0 aliphatic heterocycles. The van der Waals surface area contributed by atoms with Crippen LogP contribution in [0.4, 0.5) is 5.69 Å². The van der Waals surface area contributed by atoms with Gasteiger partial charge in [-0.15, -0.1) is 0 Å². The Kier molecular flexibility index (Phi) is 3.95. The average molecular weight is 285 g/mol. The zero-order valence-electron chi connectivity index (χ0n) is 12.9. The smallest absolute Gasteiger partial charge is 0.261 e. The minimum absolute atomic E-state index is 0.0974. The lowest BCUT2D eigenvalue weighted by molar-refractivity contribution is 0.313. The van der Waals surface area contributed by atoms with E-state index in [0.29, 0.717) is 11.3 Å². The lowest BCUT2D eigenvalue weighted by Gasteiger charge is -2.23. The molecule has 0 unspecified atom stereocenters. The summed E-state index contributed by atoms with van der Waals surface area (Å²) in [7, 11) is 1.86. The Balaban J connectivity index is 2.02. The molecule has 1 fully saturated rings. The first-order valence-corrected chi connectivity index (χ1v) is 7.88. The number of benzene rings is 1. The van der Waals surface area contributed by atoms with Crippen molar-refractivity contribution in [2.75, 3.05) is 12.4 Å². The fourth-order valence-electron chi connectivity index (χ4n) is 3.33. The van der Waals surface area contributed by atoms with E-state index in [4.69, 9.17) is 0 Å². The molecule has 0 spiro atoms. The molecule has 0 radical (unpaired) electrons. The van der Waals surface area contributed by atoms with Gasteiger partial charge in [-0.1, -0.05) is 19.3 Å². The van der Waals surface area contributed by atoms with E-state index in [1.165, 1.54) is 32.1 Å². The van der Waals surface area contributed by atoms with Gasteiger partial charge < -0.3 is 5.32 Å². The molecule has 1 heterocycles. The lowest BCUT2D eigenvalue weighted by Crippen LogP contribution is -2.28. The highest BCUT2D eigenvalue weighted by molar-refractivity contribution is 5.81. The maximum Gasteiger partial charge on any atom is 0.261 e. The highest BCUT2D eigenvalue weighted by Crippen LogP contribution is 2.25. The van der Waals surface area contributed by atoms with E-state index in [-0.39, 0.29) is 5.56 Å². The van der Waals surface area contributed by atoms with Gasteiger partial charge >= 0.3 is 0 Å². The molecule has 1 N–H and O–H groups in total. The first kappa shape index (κ1) is 14.1. The van der Waals surface area contributed by atoms with Gasteiger partial charge in [0.25, 0.3) is 5.56 Å². The van der Waals surface area contributed by atoms with Crippen LogP contribution in [-0.4, -0.2) is 16.6 Å². The van der Waals surface area contributed by atoms with Gasteiger partial charge in [0.15, 0.2) is 0 Å². The molecule has 3 rings (SSSR count). The summed E-state index contributed by atoms with van der Waals surface area (Å²) >= 11 is 0. The standard InChI is InChI=1S/C17H23N3O/c1-12-19-16-9-8-14(18-2)10-15(16)17(21)20(12)11-13-6-4-3-5-7-13/h8-10,13,18H,3-7,11H2,1-2H3. The SMILES string of the molecule is CNc1ccc2nc(C)n(CC3CCCCC3)c(=O)c2c1. The van der Waals surface area contributed by atoms with Crippen LogP contribution in [0.25, 0.3) is 10.9 Å². The summed E-state index contributed by atoms with van der Waals surface area (Å²) in [5, 5.41) is 3.80. The fourth-order valence-corrected chi connectivity index (χ4v) is 3.33. The molecular formula is C17H23N3O. The van der Waals surface area contributed by atoms with Gasteiger partial charge in [0, 0.05) is 19.3 Å². The number of aryl methyl sites for hydroxylation is 1. The van der Waals surface area contributed by atoms with Gasteiger partial charge in [0.2, 0.25) is 0 Å². The highest BCUT2D eigenvalue weighted by atomic mass is 16.1. The van der Waals surface area contributed by atoms with Crippen molar-refractivity contribution in [1.82, 2.24) is 9.55 Å². The Hall–Kier alpha value is -1.84. The Morgan fingerprint density at radius 1 is 1.29 bits per heavy atom. The molecule has 112 valence electrons. The second-order valence-corrected chi connectivity index (χ2v) is 6.06. The molecule has 1 aliphatic rings. The van der Waals surface area contributed by atoms with Crippen LogP contribution in [0.5, 0.6) is 0 Å². The van der Waals surface area contributed by atoms with Crippen LogP contribution in [0.2, 0.25) is 0 Å². The van der Waals surface area contributed by atoms with Crippen LogP contribution in [0, 0.1) is 12.8 Å². The minimum atomic E-state index is 0.0974. The topological polar surface area (TPSA) is 46.9 Å². The zero-order valence-corrected chi connectivity index (χ0v) is 12.9. The molecule has 1 aromatic carbocycles. The summed E-state index contributed by atoms with van der Waals surface area (Å²) in [6, 6.07) is 5.78. The number of hydrogen-bond acceptors (Lipinski definition) is 3. The first-order valence-electron chi connectivity index (χ1n) is 7.88. The van der Waals surface area contributed by atoms with Crippen LogP contribution in [0.1, 0.15) is 37.9 Å². The third kappa shape index (κ3) is 2.80. The van der Waals surface area contributed by atoms with Crippen molar-refractivity contribution < 1.29 is 0 Å². The van der Waals surface area contributed by atoms with Crippen LogP contribution in [0.3, 0.4) is 0 Å². The molecular weight excluding hydrogens is 262 g/mol. The maximum atomic E-state index is 12.8. The summed E-state index contributed by atoms with van der Waals surface area (Å²) in [6.07, 6.45) is 6.40. The van der Waals surface area contributed by atoms with E-state index >= 15 is 0 Å². The van der Waals surface area contributed by atoms with Crippen molar-refractivity contribution >= 4 is 16.6 Å². The molecule has 0 bridgehead atoms. The van der Waals surface area contributed by atoms with Gasteiger partial charge in [0.05, 0.1) is 10.9 Å². The Morgan fingerprint density at radius 2 is 2.05 bits per heavy atom. The van der Waals surface area contributed by atoms with E-state index in [1.807, 2.05) is 36.7 Å². The molecule has 4 heteroatoms. The predicted octanol–water partition coefficient (Wildman–Crippen LogP) is 3.33. The van der Waals surface area contributed by atoms with Gasteiger partial charge in [-0.2, -0.15) is 0 Å². The summed E-state index contributed by atoms with van der Waals surface area (Å²) in [5.74, 6) is 1.46. The average Bonchev–Trinajstić information content (AvgIpc) is 2.52. The fraction of sp³-hybridized carbons (Fsp3) is 0.529. The van der Waals surface area contributed by atoms with Gasteiger partial charge in [-0.3, -0.25) is 9.36 Å². The number of hydrogen-bond donors (Lipinski definition) is 1. The molecule has 1 aromatic heterocycles. The van der Waals surface area contributed by atoms with Crippen molar-refractivity contribution in [3.05, 3.63) is 34.4 Å². The van der Waals surface area contributed by atoms with E-state index in [2.05, 4.69) is 10.3 Å². The summed E-state index contributed by atoms with van der Waals surface area (Å²) in [5.41, 5.74) is 1.84. The number of nitrogens with zero attached hydrogens (tertiary/aromatic N) is 2. The van der Waals surface area contributed by atoms with Crippen LogP contribution < -0.4 is 10.9 Å². The molecule has 2 aromatic rings. The van der Waals surface area contributed by atoms with Crippen LogP contribution in [0.15, 0.2) is 23.0 Å². The molecule has 21 heavy (non-hydrogen) atoms. The second-order valence-electron chi connectivity index (χ2n) is 6.06. The van der Waals surface area contributed by atoms with Gasteiger partial charge in [0.1, 0.15) is 5.82 Å². The summed E-state index contributed by atoms with van der Waals surface area (Å²) in [6.45, 7) is 2.76. The quantitative estimate of drug-likeness (QED) is 0.941. The molecule has 0 saturated heterocycles. The van der Waals surface area contributed by atoms with Gasteiger partial charge in [-0.05, 0) is 43.9 Å². The van der Waals surface area contributed by atoms with Gasteiger partial charge in [-0.25, -0.2) is 4.98 Å². The van der Waals surface area contributed by atoms with E-state index in [9.17, 15) is 4.79 Å². The number of rotatable bonds is 3. The highest BCUT2D eigenvalue weighted by Gasteiger charge is 2.17. The number of fused-ring (bicyclic) bond motifs is 1. The number of nitrogens with one attached hydrogen (secondary N) is 1. The third-order valence-electron chi connectivity index (χ3n) is 4.60. The number of anilines is 1. The van der Waals surface area contributed by atoms with E-state index in [0.717, 1.165) is 23.6 Å². The molecule has 0 amide bonds. The Labute approximate surface area is 125 Å². The van der Waals surface area contributed by atoms with Crippen LogP contribution in [-0.2, 0) is 6.54 Å². The number of aromatic nitrogens is 2. The zero-order chi connectivity index (χ0) is 14.8. The largest absolute Gasteiger partial charge is 0.388 e. The Bertz CT molecular complexity index is 699. The van der Waals surface area contributed by atoms with Crippen LogP contribution >= 0.6 is 0 Å². The molecule has 0 atom stereocenters. The summed E-state index contributed by atoms with van der Waals surface area (Å²) < 4.78 is 1.87. The minimum Gasteiger partial charge on any atom is -0.388 e. The van der Waals surface area contributed by atoms with E-state index in [1.54, 1.807) is 0 Å². The molecule has 4 nitrogen and oxygen atoms in total. The normalized spacial score (nSPS) is 16.3. The maximum absolute atomic E-state index is 12.8. The molecule has 1 saturated carbocycles. The third-order valence-corrected chi connectivity index (χ3v) is 4.60. The first-order chi connectivity index (χ1) is 10.2. The lowest BCUT2D eigenvalue weighted by atomic mass is 9.89. The van der Waals surface area contributed by atoms with Crippen molar-refractivity contribution in [2.45, 2.75) is 45.6 Å². The van der Waals surface area contributed by atoms with Crippen molar-refractivity contribution in [2.24, 2.45) is 5.92 Å².